The molecule has 0 aromatic heterocycles. The largest absolute Gasteiger partial charge is 0.479 e. The summed E-state index contributed by atoms with van der Waals surface area (Å²) in [6.07, 6.45) is 2.38. The minimum absolute atomic E-state index is 0.0933. The second kappa shape index (κ2) is 7.56. The van der Waals surface area contributed by atoms with Gasteiger partial charge in [0.1, 0.15) is 11.8 Å². The van der Waals surface area contributed by atoms with Gasteiger partial charge in [-0.2, -0.15) is 5.26 Å². The number of ether oxygens (including phenoxy) is 1. The molecule has 92 valence electrons. The van der Waals surface area contributed by atoms with Crippen molar-refractivity contribution < 1.29 is 4.74 Å². The molecule has 0 saturated heterocycles. The average Bonchev–Trinajstić information content (AvgIpc) is 2.38. The standard InChI is InChI=1S/C14H20N2O/c1-3-12(4-2)11-16-13-6-5-7-14(10-13)17-9-8-15/h5-7,10,12,16H,3-4,9,11H2,1-2H3. The Kier molecular flexibility index (Phi) is 5.95. The third-order valence-corrected chi connectivity index (χ3v) is 2.89. The second-order valence-corrected chi connectivity index (χ2v) is 4.04. The van der Waals surface area contributed by atoms with Crippen LogP contribution in [0.5, 0.6) is 5.75 Å². The van der Waals surface area contributed by atoms with Crippen molar-refractivity contribution >= 4 is 5.69 Å². The minimum Gasteiger partial charge on any atom is -0.479 e. The highest BCUT2D eigenvalue weighted by atomic mass is 16.5. The van der Waals surface area contributed by atoms with Gasteiger partial charge >= 0.3 is 0 Å². The molecule has 0 bridgehead atoms. The quantitative estimate of drug-likeness (QED) is 0.783. The van der Waals surface area contributed by atoms with E-state index in [1.807, 2.05) is 30.3 Å². The summed E-state index contributed by atoms with van der Waals surface area (Å²) in [6, 6.07) is 9.70. The fourth-order valence-corrected chi connectivity index (χ4v) is 1.65. The van der Waals surface area contributed by atoms with Crippen molar-refractivity contribution in [2.24, 2.45) is 5.92 Å². The van der Waals surface area contributed by atoms with Crippen LogP contribution in [-0.4, -0.2) is 13.2 Å². The molecule has 3 heteroatoms. The van der Waals surface area contributed by atoms with E-state index in [9.17, 15) is 0 Å². The van der Waals surface area contributed by atoms with Gasteiger partial charge in [-0.15, -0.1) is 0 Å². The smallest absolute Gasteiger partial charge is 0.174 e. The molecule has 0 fully saturated rings. The molecule has 0 atom stereocenters. The highest BCUT2D eigenvalue weighted by Gasteiger charge is 2.03. The van der Waals surface area contributed by atoms with E-state index in [4.69, 9.17) is 10.00 Å². The van der Waals surface area contributed by atoms with E-state index < -0.39 is 0 Å². The molecule has 0 amide bonds. The Hall–Kier alpha value is -1.69. The van der Waals surface area contributed by atoms with Crippen molar-refractivity contribution in [3.05, 3.63) is 24.3 Å². The summed E-state index contributed by atoms with van der Waals surface area (Å²) in [5.74, 6) is 1.44. The van der Waals surface area contributed by atoms with Gasteiger partial charge in [-0.05, 0) is 18.1 Å². The molecule has 0 unspecified atom stereocenters. The minimum atomic E-state index is 0.0933. The summed E-state index contributed by atoms with van der Waals surface area (Å²) in [7, 11) is 0. The van der Waals surface area contributed by atoms with E-state index in [1.54, 1.807) is 0 Å². The Morgan fingerprint density at radius 2 is 2.12 bits per heavy atom. The number of hydrogen-bond donors (Lipinski definition) is 1. The van der Waals surface area contributed by atoms with E-state index in [2.05, 4.69) is 19.2 Å². The maximum absolute atomic E-state index is 8.45. The molecule has 1 N–H and O–H groups in total. The molecule has 0 heterocycles. The second-order valence-electron chi connectivity index (χ2n) is 4.04. The first kappa shape index (κ1) is 13.4. The summed E-state index contributed by atoms with van der Waals surface area (Å²) in [5.41, 5.74) is 1.05. The lowest BCUT2D eigenvalue weighted by Gasteiger charge is -2.14. The number of anilines is 1. The van der Waals surface area contributed by atoms with Crippen molar-refractivity contribution in [1.82, 2.24) is 0 Å². The van der Waals surface area contributed by atoms with E-state index in [0.717, 1.165) is 18.0 Å². The first-order valence-electron chi connectivity index (χ1n) is 6.13. The maximum atomic E-state index is 8.45. The van der Waals surface area contributed by atoms with Gasteiger partial charge in [0.05, 0.1) is 0 Å². The third-order valence-electron chi connectivity index (χ3n) is 2.89. The number of nitriles is 1. The van der Waals surface area contributed by atoms with Crippen LogP contribution in [0.3, 0.4) is 0 Å². The molecule has 3 nitrogen and oxygen atoms in total. The predicted molar refractivity (Wildman–Crippen MR) is 70.1 cm³/mol. The lowest BCUT2D eigenvalue weighted by Crippen LogP contribution is -2.12. The highest BCUT2D eigenvalue weighted by Crippen LogP contribution is 2.18. The number of rotatable bonds is 7. The van der Waals surface area contributed by atoms with Crippen LogP contribution in [0.25, 0.3) is 0 Å². The van der Waals surface area contributed by atoms with E-state index in [-0.39, 0.29) is 6.61 Å². The van der Waals surface area contributed by atoms with Crippen LogP contribution in [0, 0.1) is 17.2 Å². The van der Waals surface area contributed by atoms with Gasteiger partial charge in [-0.25, -0.2) is 0 Å². The molecule has 1 rings (SSSR count). The van der Waals surface area contributed by atoms with Crippen molar-refractivity contribution in [2.75, 3.05) is 18.5 Å². The first-order valence-corrected chi connectivity index (χ1v) is 6.13. The molecular weight excluding hydrogens is 212 g/mol. The normalized spacial score (nSPS) is 10.0. The SMILES string of the molecule is CCC(CC)CNc1cccc(OCC#N)c1. The summed E-state index contributed by atoms with van der Waals surface area (Å²) in [4.78, 5) is 0. The topological polar surface area (TPSA) is 45.0 Å². The lowest BCUT2D eigenvalue weighted by molar-refractivity contribution is 0.368. The Morgan fingerprint density at radius 1 is 1.35 bits per heavy atom. The Bertz CT molecular complexity index is 367. The van der Waals surface area contributed by atoms with Crippen LogP contribution in [0.15, 0.2) is 24.3 Å². The Morgan fingerprint density at radius 3 is 2.76 bits per heavy atom. The van der Waals surface area contributed by atoms with Crippen molar-refractivity contribution in [2.45, 2.75) is 26.7 Å². The predicted octanol–water partition coefficient (Wildman–Crippen LogP) is 3.44. The summed E-state index contributed by atoms with van der Waals surface area (Å²) >= 11 is 0. The van der Waals surface area contributed by atoms with Crippen LogP contribution in [0.1, 0.15) is 26.7 Å². The van der Waals surface area contributed by atoms with E-state index >= 15 is 0 Å². The lowest BCUT2D eigenvalue weighted by atomic mass is 10.0. The molecule has 1 aromatic rings. The van der Waals surface area contributed by atoms with Gasteiger partial charge in [0.2, 0.25) is 0 Å². The monoisotopic (exact) mass is 232 g/mol. The number of nitrogens with one attached hydrogen (secondary N) is 1. The molecule has 0 aliphatic heterocycles. The molecule has 1 aromatic carbocycles. The molecule has 0 aliphatic rings. The average molecular weight is 232 g/mol. The van der Waals surface area contributed by atoms with Crippen LogP contribution in [-0.2, 0) is 0 Å². The molecule has 0 saturated carbocycles. The van der Waals surface area contributed by atoms with E-state index in [1.165, 1.54) is 12.8 Å². The van der Waals surface area contributed by atoms with Gasteiger partial charge in [0.15, 0.2) is 6.61 Å². The zero-order valence-corrected chi connectivity index (χ0v) is 10.6. The van der Waals surface area contributed by atoms with Gasteiger partial charge in [0.25, 0.3) is 0 Å². The summed E-state index contributed by atoms with van der Waals surface area (Å²) in [5, 5.41) is 11.8. The summed E-state index contributed by atoms with van der Waals surface area (Å²) < 4.78 is 5.25. The van der Waals surface area contributed by atoms with Crippen molar-refractivity contribution in [3.8, 4) is 11.8 Å². The molecule has 0 aliphatic carbocycles. The summed E-state index contributed by atoms with van der Waals surface area (Å²) in [6.45, 7) is 5.50. The zero-order chi connectivity index (χ0) is 12.5. The number of nitrogens with zero attached hydrogens (tertiary/aromatic N) is 1. The molecule has 0 radical (unpaired) electrons. The van der Waals surface area contributed by atoms with Crippen LogP contribution < -0.4 is 10.1 Å². The van der Waals surface area contributed by atoms with Crippen LogP contribution in [0.2, 0.25) is 0 Å². The number of benzene rings is 1. The zero-order valence-electron chi connectivity index (χ0n) is 10.6. The first-order chi connectivity index (χ1) is 8.30. The van der Waals surface area contributed by atoms with Gasteiger partial charge in [-0.3, -0.25) is 0 Å². The van der Waals surface area contributed by atoms with Crippen molar-refractivity contribution in [1.29, 1.82) is 5.26 Å². The Labute approximate surface area is 103 Å². The molecule has 17 heavy (non-hydrogen) atoms. The third kappa shape index (κ3) is 4.78. The van der Waals surface area contributed by atoms with Gasteiger partial charge < -0.3 is 10.1 Å². The van der Waals surface area contributed by atoms with Crippen LogP contribution in [0.4, 0.5) is 5.69 Å². The number of hydrogen-bond acceptors (Lipinski definition) is 3. The maximum Gasteiger partial charge on any atom is 0.174 e. The van der Waals surface area contributed by atoms with Crippen LogP contribution >= 0.6 is 0 Å². The van der Waals surface area contributed by atoms with E-state index in [0.29, 0.717) is 5.92 Å². The fraction of sp³-hybridized carbons (Fsp3) is 0.500. The molecule has 0 spiro atoms. The van der Waals surface area contributed by atoms with Gasteiger partial charge in [-0.1, -0.05) is 32.8 Å². The van der Waals surface area contributed by atoms with Crippen molar-refractivity contribution in [3.63, 3.8) is 0 Å². The Balaban J connectivity index is 2.51. The van der Waals surface area contributed by atoms with Gasteiger partial charge in [0, 0.05) is 18.3 Å². The molecular formula is C14H20N2O. The highest BCUT2D eigenvalue weighted by molar-refractivity contribution is 5.48. The fourth-order valence-electron chi connectivity index (χ4n) is 1.65.